The Kier molecular flexibility index (Phi) is 6.12. The molecule has 0 radical (unpaired) electrons. The maximum Gasteiger partial charge on any atom is 0.179 e. The third-order valence-corrected chi connectivity index (χ3v) is 5.57. The summed E-state index contributed by atoms with van der Waals surface area (Å²) in [5, 5.41) is 1.96. The molecule has 7 heteroatoms. The van der Waals surface area contributed by atoms with Crippen molar-refractivity contribution in [2.24, 2.45) is 4.99 Å². The average molecular weight is 457 g/mol. The van der Waals surface area contributed by atoms with Crippen LogP contribution in [0.4, 0.5) is 5.69 Å². The highest BCUT2D eigenvalue weighted by Crippen LogP contribution is 2.36. The van der Waals surface area contributed by atoms with Crippen LogP contribution in [0.3, 0.4) is 0 Å². The molecule has 0 saturated heterocycles. The number of methoxy groups -OCH3 is 1. The lowest BCUT2D eigenvalue weighted by atomic mass is 10.3. The number of nitrogens with zero attached hydrogens (tertiary/aromatic N) is 1. The van der Waals surface area contributed by atoms with Gasteiger partial charge in [-0.05, 0) is 58.4 Å². The Morgan fingerprint density at radius 2 is 1.88 bits per heavy atom. The van der Waals surface area contributed by atoms with E-state index in [1.165, 1.54) is 11.8 Å². The molecule has 0 fully saturated rings. The summed E-state index contributed by atoms with van der Waals surface area (Å²) in [4.78, 5) is 5.41. The second-order valence-electron chi connectivity index (χ2n) is 4.92. The van der Waals surface area contributed by atoms with Crippen molar-refractivity contribution < 1.29 is 9.15 Å². The first-order chi connectivity index (χ1) is 12.0. The molecule has 3 nitrogen and oxygen atoms in total. The van der Waals surface area contributed by atoms with E-state index in [1.807, 2.05) is 36.4 Å². The molecule has 3 aromatic rings. The predicted molar refractivity (Wildman–Crippen MR) is 107 cm³/mol. The Morgan fingerprint density at radius 1 is 1.12 bits per heavy atom. The lowest BCUT2D eigenvalue weighted by Crippen LogP contribution is -1.82. The second-order valence-corrected chi connectivity index (χ2v) is 7.66. The minimum absolute atomic E-state index is 0.511. The summed E-state index contributed by atoms with van der Waals surface area (Å²) in [7, 11) is 1.57. The van der Waals surface area contributed by atoms with E-state index in [1.54, 1.807) is 25.5 Å². The number of aliphatic imine (C=N–C) groups is 1. The van der Waals surface area contributed by atoms with Gasteiger partial charge in [0.15, 0.2) is 5.09 Å². The Hall–Kier alpha value is -1.40. The fraction of sp³-hybridized carbons (Fsp3) is 0.0556. The third-order valence-electron chi connectivity index (χ3n) is 3.17. The molecular weight excluding hydrogens is 445 g/mol. The molecule has 0 amide bonds. The van der Waals surface area contributed by atoms with Crippen LogP contribution in [0, 0.1) is 0 Å². The molecule has 0 bridgehead atoms. The fourth-order valence-electron chi connectivity index (χ4n) is 1.99. The first-order valence-electron chi connectivity index (χ1n) is 7.15. The summed E-state index contributed by atoms with van der Waals surface area (Å²) >= 11 is 17.0. The Morgan fingerprint density at radius 3 is 2.56 bits per heavy atom. The van der Waals surface area contributed by atoms with Crippen molar-refractivity contribution in [2.45, 2.75) is 9.99 Å². The predicted octanol–water partition coefficient (Wildman–Crippen LogP) is 7.26. The zero-order valence-corrected chi connectivity index (χ0v) is 16.9. The van der Waals surface area contributed by atoms with Gasteiger partial charge in [-0.25, -0.2) is 0 Å². The maximum atomic E-state index is 6.10. The van der Waals surface area contributed by atoms with Crippen LogP contribution in [0.1, 0.15) is 5.76 Å². The van der Waals surface area contributed by atoms with Crippen molar-refractivity contribution in [1.82, 2.24) is 0 Å². The Bertz CT molecular complexity index is 910. The van der Waals surface area contributed by atoms with Crippen molar-refractivity contribution in [3.63, 3.8) is 0 Å². The van der Waals surface area contributed by atoms with Gasteiger partial charge in [0.2, 0.25) is 0 Å². The minimum Gasteiger partial charge on any atom is -0.495 e. The molecule has 0 atom stereocenters. The second kappa shape index (κ2) is 8.32. The van der Waals surface area contributed by atoms with Crippen LogP contribution in [0.25, 0.3) is 0 Å². The van der Waals surface area contributed by atoms with Gasteiger partial charge >= 0.3 is 0 Å². The number of halogens is 3. The molecular formula is C18H12BrCl2NO2S. The summed E-state index contributed by atoms with van der Waals surface area (Å²) in [6.45, 7) is 0. The standard InChI is InChI=1S/C18H12BrCl2NO2S/c1-23-17-7-4-12(8-16(17)21)22-10-13-9-15(19)18(24-13)25-14-5-2-11(20)3-6-14/h2-10H,1H3. The zero-order valence-electron chi connectivity index (χ0n) is 13.0. The van der Waals surface area contributed by atoms with E-state index in [0.29, 0.717) is 27.2 Å². The molecule has 0 aliphatic rings. The number of hydrogen-bond donors (Lipinski definition) is 0. The lowest BCUT2D eigenvalue weighted by molar-refractivity contribution is 0.415. The highest BCUT2D eigenvalue weighted by Gasteiger charge is 2.10. The zero-order chi connectivity index (χ0) is 17.8. The van der Waals surface area contributed by atoms with Gasteiger partial charge < -0.3 is 9.15 Å². The maximum absolute atomic E-state index is 6.10. The Balaban J connectivity index is 1.75. The number of hydrogen-bond acceptors (Lipinski definition) is 4. The van der Waals surface area contributed by atoms with Crippen LogP contribution < -0.4 is 4.74 Å². The monoisotopic (exact) mass is 455 g/mol. The van der Waals surface area contributed by atoms with E-state index < -0.39 is 0 Å². The van der Waals surface area contributed by atoms with E-state index in [9.17, 15) is 0 Å². The largest absolute Gasteiger partial charge is 0.495 e. The Labute approximate surface area is 168 Å². The molecule has 25 heavy (non-hydrogen) atoms. The van der Waals surface area contributed by atoms with Gasteiger partial charge in [0.1, 0.15) is 11.5 Å². The molecule has 128 valence electrons. The number of rotatable bonds is 5. The number of benzene rings is 2. The topological polar surface area (TPSA) is 34.7 Å². The first kappa shape index (κ1) is 18.4. The van der Waals surface area contributed by atoms with Crippen LogP contribution in [-0.2, 0) is 0 Å². The summed E-state index contributed by atoms with van der Waals surface area (Å²) in [6, 6.07) is 14.8. The molecule has 3 rings (SSSR count). The number of ether oxygens (including phenoxy) is 1. The summed E-state index contributed by atoms with van der Waals surface area (Å²) in [5.41, 5.74) is 0.713. The summed E-state index contributed by atoms with van der Waals surface area (Å²) in [5.74, 6) is 1.25. The van der Waals surface area contributed by atoms with Crippen molar-refractivity contribution in [3.8, 4) is 5.75 Å². The molecule has 2 aromatic carbocycles. The summed E-state index contributed by atoms with van der Waals surface area (Å²) in [6.07, 6.45) is 1.65. The molecule has 1 heterocycles. The van der Waals surface area contributed by atoms with Crippen LogP contribution in [-0.4, -0.2) is 13.3 Å². The molecule has 0 saturated carbocycles. The molecule has 0 unspecified atom stereocenters. The van der Waals surface area contributed by atoms with Gasteiger partial charge in [-0.3, -0.25) is 4.99 Å². The van der Waals surface area contributed by atoms with Crippen LogP contribution in [0.5, 0.6) is 5.75 Å². The van der Waals surface area contributed by atoms with Gasteiger partial charge in [0.25, 0.3) is 0 Å². The van der Waals surface area contributed by atoms with E-state index in [2.05, 4.69) is 20.9 Å². The highest BCUT2D eigenvalue weighted by atomic mass is 79.9. The van der Waals surface area contributed by atoms with Crippen molar-refractivity contribution in [1.29, 1.82) is 0 Å². The van der Waals surface area contributed by atoms with Gasteiger partial charge in [-0.1, -0.05) is 35.0 Å². The van der Waals surface area contributed by atoms with Crippen molar-refractivity contribution in [3.05, 3.63) is 68.8 Å². The quantitative estimate of drug-likeness (QED) is 0.379. The summed E-state index contributed by atoms with van der Waals surface area (Å²) < 4.78 is 11.8. The van der Waals surface area contributed by atoms with E-state index in [-0.39, 0.29) is 0 Å². The smallest absolute Gasteiger partial charge is 0.179 e. The van der Waals surface area contributed by atoms with Crippen LogP contribution in [0.15, 0.2) is 72.4 Å². The average Bonchev–Trinajstić information content (AvgIpc) is 2.95. The van der Waals surface area contributed by atoms with E-state index >= 15 is 0 Å². The molecule has 0 aliphatic heterocycles. The molecule has 1 aromatic heterocycles. The van der Waals surface area contributed by atoms with Gasteiger partial charge in [0.05, 0.1) is 28.5 Å². The van der Waals surface area contributed by atoms with E-state index in [0.717, 1.165) is 14.5 Å². The molecule has 0 aliphatic carbocycles. The fourth-order valence-corrected chi connectivity index (χ4v) is 3.69. The van der Waals surface area contributed by atoms with Crippen LogP contribution in [0.2, 0.25) is 10.0 Å². The lowest BCUT2D eigenvalue weighted by Gasteiger charge is -2.02. The first-order valence-corrected chi connectivity index (χ1v) is 9.52. The van der Waals surface area contributed by atoms with Crippen molar-refractivity contribution >= 4 is 62.8 Å². The van der Waals surface area contributed by atoms with E-state index in [4.69, 9.17) is 32.4 Å². The van der Waals surface area contributed by atoms with Gasteiger partial charge in [-0.15, -0.1) is 0 Å². The number of furan rings is 1. The minimum atomic E-state index is 0.511. The van der Waals surface area contributed by atoms with Crippen molar-refractivity contribution in [2.75, 3.05) is 7.11 Å². The SMILES string of the molecule is COc1ccc(N=Cc2cc(Br)c(Sc3ccc(Cl)cc3)o2)cc1Cl. The molecule has 0 N–H and O–H groups in total. The highest BCUT2D eigenvalue weighted by molar-refractivity contribution is 9.10. The van der Waals surface area contributed by atoms with Crippen LogP contribution >= 0.6 is 50.9 Å². The van der Waals surface area contributed by atoms with Gasteiger partial charge in [0, 0.05) is 16.0 Å². The molecule has 0 spiro atoms. The van der Waals surface area contributed by atoms with Gasteiger partial charge in [-0.2, -0.15) is 0 Å². The third kappa shape index (κ3) is 4.82. The normalized spacial score (nSPS) is 11.2.